The Balaban J connectivity index is 1.75. The number of carbonyl (C=O) groups excluding carboxylic acids is 1. The summed E-state index contributed by atoms with van der Waals surface area (Å²) in [5.41, 5.74) is 2.03. The molecule has 0 aliphatic heterocycles. The fraction of sp³-hybridized carbons (Fsp3) is 0.182. The maximum absolute atomic E-state index is 12.6. The number of carbonyl (C=O) groups is 1. The second-order valence-electron chi connectivity index (χ2n) is 6.65. The van der Waals surface area contributed by atoms with E-state index in [1.165, 1.54) is 0 Å². The van der Waals surface area contributed by atoms with E-state index in [2.05, 4.69) is 20.6 Å². The summed E-state index contributed by atoms with van der Waals surface area (Å²) in [6.07, 6.45) is 0.105. The number of nitrogens with zero attached hydrogens (tertiary/aromatic N) is 3. The van der Waals surface area contributed by atoms with Gasteiger partial charge in [0.25, 0.3) is 5.91 Å². The maximum atomic E-state index is 12.6. The van der Waals surface area contributed by atoms with E-state index < -0.39 is 0 Å². The van der Waals surface area contributed by atoms with Crippen molar-refractivity contribution in [2.75, 3.05) is 10.6 Å². The minimum Gasteiger partial charge on any atom is -0.491 e. The molecule has 0 bridgehead atoms. The standard InChI is InChI=1S/C22H21N5O2/c1-14(2)29-19-9-7-17(8-10-19)26-21-12-20(24-15(3)25-21)22(28)27-18-6-4-5-16(11-18)13-23/h4-12,14H,1-3H3,(H,27,28)(H,24,25,26). The molecule has 1 aromatic heterocycles. The average Bonchev–Trinajstić information content (AvgIpc) is 2.69. The van der Waals surface area contributed by atoms with Gasteiger partial charge in [-0.3, -0.25) is 4.79 Å². The van der Waals surface area contributed by atoms with Crippen LogP contribution in [0.1, 0.15) is 35.7 Å². The molecule has 2 N–H and O–H groups in total. The quantitative estimate of drug-likeness (QED) is 0.649. The van der Waals surface area contributed by atoms with Crippen LogP contribution in [0.4, 0.5) is 17.2 Å². The molecule has 0 aliphatic rings. The van der Waals surface area contributed by atoms with Crippen LogP contribution in [0.2, 0.25) is 0 Å². The molecule has 3 rings (SSSR count). The number of aromatic nitrogens is 2. The Hall–Kier alpha value is -3.92. The van der Waals surface area contributed by atoms with Crippen molar-refractivity contribution in [2.24, 2.45) is 0 Å². The number of ether oxygens (including phenoxy) is 1. The van der Waals surface area contributed by atoms with Gasteiger partial charge in [-0.2, -0.15) is 5.26 Å². The van der Waals surface area contributed by atoms with Crippen LogP contribution in [0.5, 0.6) is 5.75 Å². The summed E-state index contributed by atoms with van der Waals surface area (Å²) < 4.78 is 5.64. The smallest absolute Gasteiger partial charge is 0.274 e. The number of amides is 1. The normalized spacial score (nSPS) is 10.3. The molecule has 0 unspecified atom stereocenters. The third-order valence-corrected chi connectivity index (χ3v) is 3.82. The van der Waals surface area contributed by atoms with Crippen LogP contribution < -0.4 is 15.4 Å². The van der Waals surface area contributed by atoms with Gasteiger partial charge in [0.2, 0.25) is 0 Å². The highest BCUT2D eigenvalue weighted by Gasteiger charge is 2.12. The highest BCUT2D eigenvalue weighted by Crippen LogP contribution is 2.21. The molecule has 29 heavy (non-hydrogen) atoms. The lowest BCUT2D eigenvalue weighted by molar-refractivity contribution is 0.102. The Kier molecular flexibility index (Phi) is 6.05. The first-order valence-electron chi connectivity index (χ1n) is 9.14. The highest BCUT2D eigenvalue weighted by atomic mass is 16.5. The summed E-state index contributed by atoms with van der Waals surface area (Å²) in [6, 6.07) is 17.8. The number of nitrogens with one attached hydrogen (secondary N) is 2. The molecule has 0 spiro atoms. The summed E-state index contributed by atoms with van der Waals surface area (Å²) in [5.74, 6) is 1.37. The van der Waals surface area contributed by atoms with Gasteiger partial charge >= 0.3 is 0 Å². The Morgan fingerprint density at radius 1 is 1.07 bits per heavy atom. The molecular weight excluding hydrogens is 366 g/mol. The lowest BCUT2D eigenvalue weighted by Crippen LogP contribution is -2.15. The molecule has 3 aromatic rings. The lowest BCUT2D eigenvalue weighted by Gasteiger charge is -2.12. The number of hydrogen-bond acceptors (Lipinski definition) is 6. The van der Waals surface area contributed by atoms with Crippen molar-refractivity contribution in [3.63, 3.8) is 0 Å². The summed E-state index contributed by atoms with van der Waals surface area (Å²) in [4.78, 5) is 21.1. The van der Waals surface area contributed by atoms with Crippen LogP contribution in [-0.2, 0) is 0 Å². The van der Waals surface area contributed by atoms with Crippen LogP contribution in [0, 0.1) is 18.3 Å². The van der Waals surface area contributed by atoms with E-state index >= 15 is 0 Å². The van der Waals surface area contributed by atoms with Crippen molar-refractivity contribution >= 4 is 23.1 Å². The van der Waals surface area contributed by atoms with Gasteiger partial charge in [0.1, 0.15) is 23.1 Å². The monoisotopic (exact) mass is 387 g/mol. The van der Waals surface area contributed by atoms with E-state index in [0.717, 1.165) is 11.4 Å². The topological polar surface area (TPSA) is 99.9 Å². The van der Waals surface area contributed by atoms with Gasteiger partial charge in [-0.05, 0) is 63.2 Å². The summed E-state index contributed by atoms with van der Waals surface area (Å²) in [5, 5.41) is 14.9. The molecule has 0 saturated heterocycles. The minimum atomic E-state index is -0.380. The molecule has 1 amide bonds. The number of anilines is 3. The summed E-state index contributed by atoms with van der Waals surface area (Å²) in [7, 11) is 0. The van der Waals surface area contributed by atoms with Gasteiger partial charge in [-0.25, -0.2) is 9.97 Å². The Morgan fingerprint density at radius 3 is 2.52 bits per heavy atom. The maximum Gasteiger partial charge on any atom is 0.274 e. The van der Waals surface area contributed by atoms with Crippen molar-refractivity contribution in [3.05, 3.63) is 71.7 Å². The molecule has 7 heteroatoms. The van der Waals surface area contributed by atoms with Crippen LogP contribution in [0.25, 0.3) is 0 Å². The number of nitriles is 1. The fourth-order valence-corrected chi connectivity index (χ4v) is 2.65. The van der Waals surface area contributed by atoms with Crippen molar-refractivity contribution in [1.82, 2.24) is 9.97 Å². The van der Waals surface area contributed by atoms with Crippen LogP contribution in [0.15, 0.2) is 54.6 Å². The molecule has 146 valence electrons. The van der Waals surface area contributed by atoms with E-state index in [-0.39, 0.29) is 17.7 Å². The summed E-state index contributed by atoms with van der Waals surface area (Å²) in [6.45, 7) is 5.66. The van der Waals surface area contributed by atoms with E-state index in [1.54, 1.807) is 37.3 Å². The minimum absolute atomic E-state index is 0.105. The van der Waals surface area contributed by atoms with Crippen molar-refractivity contribution < 1.29 is 9.53 Å². The Bertz CT molecular complexity index is 1060. The molecule has 7 nitrogen and oxygen atoms in total. The van der Waals surface area contributed by atoms with E-state index in [0.29, 0.717) is 22.9 Å². The molecular formula is C22H21N5O2. The number of benzene rings is 2. The number of rotatable bonds is 6. The largest absolute Gasteiger partial charge is 0.491 e. The van der Waals surface area contributed by atoms with Crippen molar-refractivity contribution in [3.8, 4) is 11.8 Å². The third-order valence-electron chi connectivity index (χ3n) is 3.82. The van der Waals surface area contributed by atoms with Gasteiger partial charge < -0.3 is 15.4 Å². The predicted molar refractivity (Wildman–Crippen MR) is 111 cm³/mol. The zero-order chi connectivity index (χ0) is 20.8. The second-order valence-corrected chi connectivity index (χ2v) is 6.65. The van der Waals surface area contributed by atoms with E-state index in [9.17, 15) is 4.79 Å². The first-order valence-corrected chi connectivity index (χ1v) is 9.14. The zero-order valence-corrected chi connectivity index (χ0v) is 16.4. The van der Waals surface area contributed by atoms with Crippen molar-refractivity contribution in [2.45, 2.75) is 26.9 Å². The third kappa shape index (κ3) is 5.53. The number of hydrogen-bond donors (Lipinski definition) is 2. The Morgan fingerprint density at radius 2 is 1.83 bits per heavy atom. The number of aryl methyl sites for hydroxylation is 1. The van der Waals surface area contributed by atoms with Gasteiger partial charge in [-0.1, -0.05) is 6.07 Å². The van der Waals surface area contributed by atoms with Gasteiger partial charge in [-0.15, -0.1) is 0 Å². The Labute approximate surface area is 169 Å². The first-order chi connectivity index (χ1) is 13.9. The summed E-state index contributed by atoms with van der Waals surface area (Å²) >= 11 is 0. The van der Waals surface area contributed by atoms with Gasteiger partial charge in [0.05, 0.1) is 17.7 Å². The van der Waals surface area contributed by atoms with Gasteiger partial charge in [0.15, 0.2) is 0 Å². The lowest BCUT2D eigenvalue weighted by atomic mass is 10.2. The second kappa shape index (κ2) is 8.85. The SMILES string of the molecule is Cc1nc(Nc2ccc(OC(C)C)cc2)cc(C(=O)Nc2cccc(C#N)c2)n1. The molecule has 0 fully saturated rings. The van der Waals surface area contributed by atoms with E-state index in [4.69, 9.17) is 10.00 Å². The first kappa shape index (κ1) is 19.8. The van der Waals surface area contributed by atoms with Crippen LogP contribution in [-0.4, -0.2) is 22.0 Å². The van der Waals surface area contributed by atoms with E-state index in [1.807, 2.05) is 44.2 Å². The molecule has 0 saturated carbocycles. The molecule has 2 aromatic carbocycles. The van der Waals surface area contributed by atoms with Crippen LogP contribution >= 0.6 is 0 Å². The predicted octanol–water partition coefficient (Wildman–Crippen LogP) is 4.44. The van der Waals surface area contributed by atoms with Crippen molar-refractivity contribution in [1.29, 1.82) is 5.26 Å². The zero-order valence-electron chi connectivity index (χ0n) is 16.4. The molecule has 0 atom stereocenters. The molecule has 0 aliphatic carbocycles. The average molecular weight is 387 g/mol. The molecule has 0 radical (unpaired) electrons. The molecule has 1 heterocycles. The fourth-order valence-electron chi connectivity index (χ4n) is 2.65. The van der Waals surface area contributed by atoms with Gasteiger partial charge in [0, 0.05) is 17.4 Å². The van der Waals surface area contributed by atoms with Crippen LogP contribution in [0.3, 0.4) is 0 Å². The highest BCUT2D eigenvalue weighted by molar-refractivity contribution is 6.03.